The summed E-state index contributed by atoms with van der Waals surface area (Å²) >= 11 is 5.94. The summed E-state index contributed by atoms with van der Waals surface area (Å²) in [7, 11) is 0. The molecule has 3 rings (SSSR count). The molecule has 6 nitrogen and oxygen atoms in total. The van der Waals surface area contributed by atoms with E-state index < -0.39 is 11.6 Å². The van der Waals surface area contributed by atoms with Gasteiger partial charge in [0.1, 0.15) is 5.69 Å². The van der Waals surface area contributed by atoms with Crippen LogP contribution in [0.3, 0.4) is 0 Å². The molecule has 2 heterocycles. The Kier molecular flexibility index (Phi) is 3.95. The third kappa shape index (κ3) is 3.00. The van der Waals surface area contributed by atoms with Crippen LogP contribution in [0, 0.1) is 0 Å². The molecule has 1 amide bonds. The van der Waals surface area contributed by atoms with Gasteiger partial charge in [0.2, 0.25) is 0 Å². The number of carbonyl (C=O) groups excluding carboxylic acids is 1. The third-order valence-corrected chi connectivity index (χ3v) is 4.38. The van der Waals surface area contributed by atoms with Crippen molar-refractivity contribution in [2.45, 2.75) is 18.4 Å². The normalized spacial score (nSPS) is 17.2. The molecule has 120 valence electrons. The van der Waals surface area contributed by atoms with Crippen molar-refractivity contribution in [3.63, 3.8) is 0 Å². The molecule has 1 aromatic heterocycles. The fourth-order valence-corrected chi connectivity index (χ4v) is 2.83. The summed E-state index contributed by atoms with van der Waals surface area (Å²) in [6, 6.07) is 8.70. The average molecular weight is 335 g/mol. The number of fused-ring (bicyclic) bond motifs is 1. The Morgan fingerprint density at radius 3 is 2.48 bits per heavy atom. The maximum Gasteiger partial charge on any atom is 0.335 e. The van der Waals surface area contributed by atoms with Gasteiger partial charge in [0.05, 0.1) is 5.52 Å². The molecule has 0 atom stereocenters. The molecule has 1 saturated heterocycles. The lowest BCUT2D eigenvalue weighted by molar-refractivity contribution is -0.162. The van der Waals surface area contributed by atoms with E-state index in [0.717, 1.165) is 5.39 Å². The molecule has 0 aliphatic carbocycles. The largest absolute Gasteiger partial charge is 0.479 e. The monoisotopic (exact) mass is 334 g/mol. The first-order chi connectivity index (χ1) is 10.9. The number of carboxylic acids is 1. The predicted octanol–water partition coefficient (Wildman–Crippen LogP) is 1.94. The Morgan fingerprint density at radius 2 is 1.83 bits per heavy atom. The fourth-order valence-electron chi connectivity index (χ4n) is 2.67. The Bertz CT molecular complexity index is 785. The highest BCUT2D eigenvalue weighted by atomic mass is 35.5. The molecule has 0 bridgehead atoms. The predicted molar refractivity (Wildman–Crippen MR) is 84.5 cm³/mol. The minimum Gasteiger partial charge on any atom is -0.479 e. The summed E-state index contributed by atoms with van der Waals surface area (Å²) in [5.41, 5.74) is -0.843. The van der Waals surface area contributed by atoms with Crippen molar-refractivity contribution in [2.24, 2.45) is 0 Å². The van der Waals surface area contributed by atoms with Gasteiger partial charge in [-0.2, -0.15) is 0 Å². The van der Waals surface area contributed by atoms with Crippen LogP contribution in [0.5, 0.6) is 0 Å². The van der Waals surface area contributed by atoms with Crippen LogP contribution in [0.25, 0.3) is 10.9 Å². The number of hydrogen-bond donors (Lipinski definition) is 2. The van der Waals surface area contributed by atoms with Gasteiger partial charge in [-0.25, -0.2) is 9.78 Å². The number of amides is 1. The molecule has 23 heavy (non-hydrogen) atoms. The quantitative estimate of drug-likeness (QED) is 0.875. The van der Waals surface area contributed by atoms with Crippen molar-refractivity contribution in [1.29, 1.82) is 0 Å². The topological polar surface area (TPSA) is 90.7 Å². The van der Waals surface area contributed by atoms with Crippen LogP contribution in [0.15, 0.2) is 30.3 Å². The number of carbonyl (C=O) groups is 2. The van der Waals surface area contributed by atoms with Crippen molar-refractivity contribution < 1.29 is 19.8 Å². The second-order valence-corrected chi connectivity index (χ2v) is 6.10. The van der Waals surface area contributed by atoms with Crippen LogP contribution in [0.2, 0.25) is 5.02 Å². The lowest BCUT2D eigenvalue weighted by Gasteiger charge is -2.35. The van der Waals surface area contributed by atoms with E-state index in [1.807, 2.05) is 6.07 Å². The Hall–Kier alpha value is -2.18. The number of aliphatic carboxylic acids is 1. The molecule has 0 radical (unpaired) electrons. The first-order valence-electron chi connectivity index (χ1n) is 7.20. The molecule has 1 fully saturated rings. The summed E-state index contributed by atoms with van der Waals surface area (Å²) in [4.78, 5) is 29.4. The summed E-state index contributed by atoms with van der Waals surface area (Å²) in [5, 5.41) is 20.3. The van der Waals surface area contributed by atoms with Gasteiger partial charge in [-0.05, 0) is 18.2 Å². The number of halogens is 1. The van der Waals surface area contributed by atoms with E-state index in [0.29, 0.717) is 10.5 Å². The zero-order chi connectivity index (χ0) is 16.6. The number of carboxylic acid groups (broad SMARTS) is 1. The molecule has 2 aromatic rings. The number of aromatic nitrogens is 1. The summed E-state index contributed by atoms with van der Waals surface area (Å²) in [6.07, 6.45) is 0.0148. The van der Waals surface area contributed by atoms with Crippen molar-refractivity contribution in [3.05, 3.63) is 41.0 Å². The standard InChI is InChI=1S/C16H15ClN2O4/c17-11-3-1-10-2-4-12(18-13(10)9-11)14(20)19-7-5-16(23,6-8-19)15(21)22/h1-4,9,23H,5-8H2,(H,21,22). The van der Waals surface area contributed by atoms with E-state index in [2.05, 4.69) is 4.98 Å². The maximum atomic E-state index is 12.5. The Morgan fingerprint density at radius 1 is 1.17 bits per heavy atom. The van der Waals surface area contributed by atoms with E-state index in [1.54, 1.807) is 24.3 Å². The maximum absolute atomic E-state index is 12.5. The Balaban J connectivity index is 1.80. The van der Waals surface area contributed by atoms with E-state index >= 15 is 0 Å². The number of piperidine rings is 1. The van der Waals surface area contributed by atoms with Crippen LogP contribution >= 0.6 is 11.6 Å². The first kappa shape index (κ1) is 15.7. The molecule has 1 aromatic carbocycles. The van der Waals surface area contributed by atoms with Crippen LogP contribution in [0.1, 0.15) is 23.3 Å². The van der Waals surface area contributed by atoms with Gasteiger partial charge in [0, 0.05) is 36.3 Å². The van der Waals surface area contributed by atoms with Gasteiger partial charge < -0.3 is 15.1 Å². The van der Waals surface area contributed by atoms with Crippen LogP contribution < -0.4 is 0 Å². The minimum atomic E-state index is -1.75. The second-order valence-electron chi connectivity index (χ2n) is 5.66. The van der Waals surface area contributed by atoms with Crippen molar-refractivity contribution in [2.75, 3.05) is 13.1 Å². The molecule has 2 N–H and O–H groups in total. The molecule has 0 saturated carbocycles. The minimum absolute atomic E-state index is 0.00742. The van der Waals surface area contributed by atoms with E-state index in [9.17, 15) is 14.7 Å². The second kappa shape index (κ2) is 5.79. The third-order valence-electron chi connectivity index (χ3n) is 4.15. The first-order valence-corrected chi connectivity index (χ1v) is 7.58. The number of pyridine rings is 1. The van der Waals surface area contributed by atoms with Gasteiger partial charge in [-0.3, -0.25) is 4.79 Å². The molecule has 7 heteroatoms. The Labute approximate surface area is 137 Å². The van der Waals surface area contributed by atoms with Crippen LogP contribution in [0.4, 0.5) is 0 Å². The summed E-state index contributed by atoms with van der Waals surface area (Å²) in [6.45, 7) is 0.355. The zero-order valence-corrected chi connectivity index (χ0v) is 13.0. The van der Waals surface area contributed by atoms with E-state index in [-0.39, 0.29) is 37.5 Å². The zero-order valence-electron chi connectivity index (χ0n) is 12.2. The average Bonchev–Trinajstić information content (AvgIpc) is 2.54. The molecule has 0 unspecified atom stereocenters. The highest BCUT2D eigenvalue weighted by Gasteiger charge is 2.40. The number of rotatable bonds is 2. The van der Waals surface area contributed by atoms with Gasteiger partial charge >= 0.3 is 5.97 Å². The lowest BCUT2D eigenvalue weighted by Crippen LogP contribution is -2.50. The number of likely N-dealkylation sites (tertiary alicyclic amines) is 1. The van der Waals surface area contributed by atoms with Gasteiger partial charge in [-0.15, -0.1) is 0 Å². The van der Waals surface area contributed by atoms with Crippen LogP contribution in [-0.2, 0) is 4.79 Å². The van der Waals surface area contributed by atoms with Crippen LogP contribution in [-0.4, -0.2) is 50.7 Å². The molecule has 0 spiro atoms. The summed E-state index contributed by atoms with van der Waals surface area (Å²) < 4.78 is 0. The SMILES string of the molecule is O=C(c1ccc2ccc(Cl)cc2n1)N1CCC(O)(C(=O)O)CC1. The summed E-state index contributed by atoms with van der Waals surface area (Å²) in [5.74, 6) is -1.53. The fraction of sp³-hybridized carbons (Fsp3) is 0.312. The lowest BCUT2D eigenvalue weighted by atomic mass is 9.91. The van der Waals surface area contributed by atoms with Crippen molar-refractivity contribution in [3.8, 4) is 0 Å². The number of nitrogens with zero attached hydrogens (tertiary/aromatic N) is 2. The highest BCUT2D eigenvalue weighted by Crippen LogP contribution is 2.24. The van der Waals surface area contributed by atoms with Crippen molar-refractivity contribution in [1.82, 2.24) is 9.88 Å². The molecular formula is C16H15ClN2O4. The van der Waals surface area contributed by atoms with Gasteiger partial charge in [0.15, 0.2) is 5.60 Å². The number of aliphatic hydroxyl groups is 1. The van der Waals surface area contributed by atoms with E-state index in [1.165, 1.54) is 4.90 Å². The number of hydrogen-bond acceptors (Lipinski definition) is 4. The van der Waals surface area contributed by atoms with Gasteiger partial charge in [0.25, 0.3) is 5.91 Å². The van der Waals surface area contributed by atoms with Crippen molar-refractivity contribution >= 4 is 34.4 Å². The molecule has 1 aliphatic heterocycles. The van der Waals surface area contributed by atoms with Gasteiger partial charge in [-0.1, -0.05) is 23.7 Å². The van der Waals surface area contributed by atoms with E-state index in [4.69, 9.17) is 16.7 Å². The smallest absolute Gasteiger partial charge is 0.335 e. The molecular weight excluding hydrogens is 320 g/mol. The number of benzene rings is 1. The molecule has 1 aliphatic rings. The highest BCUT2D eigenvalue weighted by molar-refractivity contribution is 6.31.